The number of alkyl halides is 3. The maximum atomic E-state index is 13.6. The van der Waals surface area contributed by atoms with Gasteiger partial charge in [-0.1, -0.05) is 11.6 Å². The Kier molecular flexibility index (Phi) is 4.82. The fourth-order valence-electron chi connectivity index (χ4n) is 6.60. The summed E-state index contributed by atoms with van der Waals surface area (Å²) in [6.45, 7) is 5.55. The van der Waals surface area contributed by atoms with E-state index in [1.165, 1.54) is 15.9 Å². The number of carbonyl (C=O) groups is 2. The second-order valence-corrected chi connectivity index (χ2v) is 10.2. The first kappa shape index (κ1) is 22.7. The van der Waals surface area contributed by atoms with Gasteiger partial charge in [0.1, 0.15) is 6.23 Å². The Morgan fingerprint density at radius 3 is 2.67 bits per heavy atom. The molecule has 1 spiro atoms. The minimum atomic E-state index is -4.68. The Morgan fingerprint density at radius 1 is 1.36 bits per heavy atom. The number of anilines is 1. The lowest BCUT2D eigenvalue weighted by Crippen LogP contribution is -2.63. The highest BCUT2D eigenvalue weighted by Gasteiger charge is 2.79. The highest BCUT2D eigenvalue weighted by atomic mass is 35.5. The molecule has 11 heteroatoms. The van der Waals surface area contributed by atoms with Gasteiger partial charge in [0, 0.05) is 24.6 Å². The molecular weight excluding hydrogens is 465 g/mol. The van der Waals surface area contributed by atoms with Crippen LogP contribution in [0.4, 0.5) is 23.7 Å². The summed E-state index contributed by atoms with van der Waals surface area (Å²) in [5, 5.41) is 9.45. The van der Waals surface area contributed by atoms with Gasteiger partial charge in [0.15, 0.2) is 0 Å². The average molecular weight is 489 g/mol. The number of benzene rings is 1. The van der Waals surface area contributed by atoms with Crippen LogP contribution >= 0.6 is 11.6 Å². The van der Waals surface area contributed by atoms with Gasteiger partial charge >= 0.3 is 12.3 Å². The van der Waals surface area contributed by atoms with Crippen LogP contribution in [0.5, 0.6) is 0 Å². The molecule has 0 aliphatic carbocycles. The van der Waals surface area contributed by atoms with Gasteiger partial charge in [0.25, 0.3) is 0 Å². The zero-order valence-corrected chi connectivity index (χ0v) is 19.0. The van der Waals surface area contributed by atoms with Gasteiger partial charge in [0.05, 0.1) is 46.3 Å². The summed E-state index contributed by atoms with van der Waals surface area (Å²) in [7, 11) is 0. The van der Waals surface area contributed by atoms with Crippen molar-refractivity contribution in [2.75, 3.05) is 11.5 Å². The minimum Gasteiger partial charge on any atom is -0.465 e. The van der Waals surface area contributed by atoms with Crippen LogP contribution in [0.2, 0.25) is 5.02 Å². The maximum Gasteiger partial charge on any atom is 0.417 e. The molecular formula is C22H24ClF3N2O5. The largest absolute Gasteiger partial charge is 0.465 e. The lowest BCUT2D eigenvalue weighted by Gasteiger charge is -2.49. The predicted molar refractivity (Wildman–Crippen MR) is 111 cm³/mol. The lowest BCUT2D eigenvalue weighted by molar-refractivity contribution is -0.154. The number of hydrogen-bond acceptors (Lipinski definition) is 4. The van der Waals surface area contributed by atoms with Gasteiger partial charge < -0.3 is 14.6 Å². The van der Waals surface area contributed by atoms with Crippen molar-refractivity contribution >= 4 is 29.3 Å². The lowest BCUT2D eigenvalue weighted by atomic mass is 9.63. The SMILES string of the molecule is CC(C)N(C(=O)O)[C@H]1C[C@@]2(C)O[C@@]13CCO[C@H]1[C@@H]3[C@@H]2C(=O)N1c1ccc(Cl)c(C(F)(F)F)c1. The van der Waals surface area contributed by atoms with Crippen LogP contribution in [0, 0.1) is 11.8 Å². The summed E-state index contributed by atoms with van der Waals surface area (Å²) in [4.78, 5) is 28.4. The van der Waals surface area contributed by atoms with Crippen molar-refractivity contribution in [1.29, 1.82) is 0 Å². The van der Waals surface area contributed by atoms with Gasteiger partial charge in [-0.05, 0) is 39.0 Å². The van der Waals surface area contributed by atoms with E-state index in [-0.39, 0.29) is 24.2 Å². The van der Waals surface area contributed by atoms with E-state index < -0.39 is 58.2 Å². The van der Waals surface area contributed by atoms with Gasteiger partial charge in [-0.15, -0.1) is 0 Å². The first-order valence-corrected chi connectivity index (χ1v) is 11.2. The topological polar surface area (TPSA) is 79.3 Å². The van der Waals surface area contributed by atoms with Crippen LogP contribution in [0.1, 0.15) is 39.2 Å². The van der Waals surface area contributed by atoms with Crippen molar-refractivity contribution in [3.05, 3.63) is 28.8 Å². The van der Waals surface area contributed by atoms with E-state index in [2.05, 4.69) is 0 Å². The monoisotopic (exact) mass is 488 g/mol. The van der Waals surface area contributed by atoms with E-state index in [9.17, 15) is 27.9 Å². The van der Waals surface area contributed by atoms with E-state index in [4.69, 9.17) is 21.1 Å². The summed E-state index contributed by atoms with van der Waals surface area (Å²) >= 11 is 5.78. The molecule has 7 nitrogen and oxygen atoms in total. The molecule has 4 aliphatic rings. The van der Waals surface area contributed by atoms with Crippen molar-refractivity contribution in [3.63, 3.8) is 0 Å². The van der Waals surface area contributed by atoms with E-state index >= 15 is 0 Å². The first-order valence-electron chi connectivity index (χ1n) is 10.8. The molecule has 0 saturated carbocycles. The fourth-order valence-corrected chi connectivity index (χ4v) is 6.83. The molecule has 0 unspecified atom stereocenters. The second-order valence-electron chi connectivity index (χ2n) is 9.76. The predicted octanol–water partition coefficient (Wildman–Crippen LogP) is 4.37. The van der Waals surface area contributed by atoms with Crippen LogP contribution in [-0.4, -0.2) is 58.1 Å². The van der Waals surface area contributed by atoms with Gasteiger partial charge in [0.2, 0.25) is 5.91 Å². The van der Waals surface area contributed by atoms with E-state index in [0.717, 1.165) is 12.1 Å². The van der Waals surface area contributed by atoms with Crippen LogP contribution in [0.3, 0.4) is 0 Å². The maximum absolute atomic E-state index is 13.6. The molecule has 0 radical (unpaired) electrons. The Morgan fingerprint density at radius 2 is 2.06 bits per heavy atom. The summed E-state index contributed by atoms with van der Waals surface area (Å²) in [5.74, 6) is -1.53. The third-order valence-electron chi connectivity index (χ3n) is 7.66. The number of carboxylic acid groups (broad SMARTS) is 1. The summed E-state index contributed by atoms with van der Waals surface area (Å²) in [6, 6.07) is 2.57. The molecule has 1 N–H and O–H groups in total. The van der Waals surface area contributed by atoms with Crippen LogP contribution in [-0.2, 0) is 20.4 Å². The van der Waals surface area contributed by atoms with E-state index in [0.29, 0.717) is 12.8 Å². The molecule has 180 valence electrons. The number of amides is 2. The molecule has 6 atom stereocenters. The molecule has 2 bridgehead atoms. The molecule has 4 fully saturated rings. The number of carbonyl (C=O) groups excluding carboxylic acids is 1. The zero-order valence-electron chi connectivity index (χ0n) is 18.2. The second kappa shape index (κ2) is 6.99. The number of hydrogen-bond donors (Lipinski definition) is 1. The quantitative estimate of drug-likeness (QED) is 0.683. The number of rotatable bonds is 3. The van der Waals surface area contributed by atoms with E-state index in [1.54, 1.807) is 20.8 Å². The minimum absolute atomic E-state index is 0.0478. The van der Waals surface area contributed by atoms with Crippen LogP contribution < -0.4 is 4.90 Å². The standard InChI is InChI=1S/C22H24ClF3N2O5/c1-10(2)27(19(30)31)14-9-20(3)15-16-18(32-7-6-21(14,16)33-20)28(17(15)29)11-4-5-13(23)12(8-11)22(24,25)26/h4-5,8,10,14-16,18H,6-7,9H2,1-3H3,(H,30,31)/t14-,15+,16-,18-,20+,21-/m0/s1. The van der Waals surface area contributed by atoms with Crippen LogP contribution in [0.15, 0.2) is 18.2 Å². The van der Waals surface area contributed by atoms with Crippen molar-refractivity contribution in [3.8, 4) is 0 Å². The Balaban J connectivity index is 1.60. The van der Waals surface area contributed by atoms with Crippen molar-refractivity contribution in [2.24, 2.45) is 11.8 Å². The third kappa shape index (κ3) is 2.96. The number of ether oxygens (including phenoxy) is 2. The first-order chi connectivity index (χ1) is 15.3. The van der Waals surface area contributed by atoms with Gasteiger partial charge in [-0.25, -0.2) is 4.79 Å². The average Bonchev–Trinajstić information content (AvgIpc) is 3.25. The third-order valence-corrected chi connectivity index (χ3v) is 7.99. The Hall–Kier alpha value is -2.04. The highest BCUT2D eigenvalue weighted by Crippen LogP contribution is 2.66. The molecule has 4 aliphatic heterocycles. The fraction of sp³-hybridized carbons (Fsp3) is 0.636. The Bertz CT molecular complexity index is 1040. The summed E-state index contributed by atoms with van der Waals surface area (Å²) in [6.07, 6.45) is -5.88. The molecule has 4 saturated heterocycles. The van der Waals surface area contributed by atoms with Gasteiger partial charge in [-0.2, -0.15) is 13.2 Å². The van der Waals surface area contributed by atoms with Gasteiger partial charge in [-0.3, -0.25) is 14.6 Å². The van der Waals surface area contributed by atoms with Crippen molar-refractivity contribution in [1.82, 2.24) is 4.90 Å². The molecule has 33 heavy (non-hydrogen) atoms. The number of nitrogens with zero attached hydrogens (tertiary/aromatic N) is 2. The summed E-state index contributed by atoms with van der Waals surface area (Å²) < 4.78 is 52.9. The summed E-state index contributed by atoms with van der Waals surface area (Å²) in [5.41, 5.74) is -2.88. The molecule has 0 aromatic heterocycles. The normalized spacial score (nSPS) is 37.1. The number of fused-ring (bicyclic) bond motifs is 2. The Labute approximate surface area is 193 Å². The van der Waals surface area contributed by atoms with Crippen LogP contribution in [0.25, 0.3) is 0 Å². The van der Waals surface area contributed by atoms with Crippen molar-refractivity contribution < 1.29 is 37.3 Å². The molecule has 1 aromatic rings. The highest BCUT2D eigenvalue weighted by molar-refractivity contribution is 6.31. The van der Waals surface area contributed by atoms with E-state index in [1.807, 2.05) is 0 Å². The molecule has 2 amide bonds. The molecule has 4 heterocycles. The smallest absolute Gasteiger partial charge is 0.417 e. The number of halogens is 4. The molecule has 5 rings (SSSR count). The zero-order chi connectivity index (χ0) is 24.1. The molecule has 1 aromatic carbocycles. The van der Waals surface area contributed by atoms with Crippen molar-refractivity contribution in [2.45, 2.75) is 69.3 Å².